The van der Waals surface area contributed by atoms with E-state index in [9.17, 15) is 0 Å². The second-order valence-corrected chi connectivity index (χ2v) is 6.13. The highest BCUT2D eigenvalue weighted by Crippen LogP contribution is 2.23. The molecule has 1 N–H and O–H groups in total. The lowest BCUT2D eigenvalue weighted by atomic mass is 10.2. The van der Waals surface area contributed by atoms with Gasteiger partial charge in [-0.1, -0.05) is 19.1 Å². The average molecular weight is 360 g/mol. The van der Waals surface area contributed by atoms with Gasteiger partial charge in [-0.05, 0) is 36.2 Å². The van der Waals surface area contributed by atoms with E-state index in [0.29, 0.717) is 35.2 Å². The van der Waals surface area contributed by atoms with Gasteiger partial charge in [0.1, 0.15) is 24.4 Å². The summed E-state index contributed by atoms with van der Waals surface area (Å²) >= 11 is 0. The van der Waals surface area contributed by atoms with E-state index in [2.05, 4.69) is 44.3 Å². The first-order chi connectivity index (χ1) is 13.3. The second-order valence-electron chi connectivity index (χ2n) is 6.13. The van der Waals surface area contributed by atoms with Crippen LogP contribution < -0.4 is 4.74 Å². The number of ether oxygens (including phenoxy) is 1. The predicted octanol–water partition coefficient (Wildman–Crippen LogP) is 3.40. The van der Waals surface area contributed by atoms with Crippen LogP contribution in [0.1, 0.15) is 18.2 Å². The Hall–Kier alpha value is -3.68. The number of aryl methyl sites for hydroxylation is 1. The quantitative estimate of drug-likeness (QED) is 0.516. The molecule has 0 aliphatic carbocycles. The van der Waals surface area contributed by atoms with Crippen molar-refractivity contribution in [2.45, 2.75) is 20.0 Å². The van der Waals surface area contributed by atoms with Crippen LogP contribution in [0, 0.1) is 0 Å². The van der Waals surface area contributed by atoms with Crippen molar-refractivity contribution in [2.75, 3.05) is 0 Å². The molecule has 8 heteroatoms. The molecule has 0 saturated heterocycles. The summed E-state index contributed by atoms with van der Waals surface area (Å²) in [6.07, 6.45) is 4.29. The average Bonchev–Trinajstić information content (AvgIpc) is 3.44. The van der Waals surface area contributed by atoms with E-state index in [4.69, 9.17) is 9.15 Å². The van der Waals surface area contributed by atoms with E-state index in [1.54, 1.807) is 17.0 Å². The van der Waals surface area contributed by atoms with Crippen LogP contribution in [0.5, 0.6) is 5.75 Å². The molecule has 1 aromatic carbocycles. The highest BCUT2D eigenvalue weighted by atomic mass is 16.5. The van der Waals surface area contributed by atoms with Gasteiger partial charge in [0.05, 0.1) is 11.6 Å². The lowest BCUT2D eigenvalue weighted by Gasteiger charge is -2.04. The normalized spacial score (nSPS) is 11.4. The Kier molecular flexibility index (Phi) is 3.60. The number of hydrogen-bond donors (Lipinski definition) is 1. The van der Waals surface area contributed by atoms with Gasteiger partial charge in [-0.15, -0.1) is 5.10 Å². The zero-order valence-corrected chi connectivity index (χ0v) is 14.6. The second kappa shape index (κ2) is 6.24. The van der Waals surface area contributed by atoms with E-state index < -0.39 is 0 Å². The van der Waals surface area contributed by atoms with Gasteiger partial charge < -0.3 is 9.15 Å². The maximum absolute atomic E-state index is 5.85. The van der Waals surface area contributed by atoms with Crippen molar-refractivity contribution in [1.29, 1.82) is 0 Å². The first-order valence-electron chi connectivity index (χ1n) is 8.65. The summed E-state index contributed by atoms with van der Waals surface area (Å²) in [5.41, 5.74) is 2.62. The summed E-state index contributed by atoms with van der Waals surface area (Å²) in [4.78, 5) is 8.80. The lowest BCUT2D eigenvalue weighted by molar-refractivity contribution is 0.271. The van der Waals surface area contributed by atoms with Crippen LogP contribution in [0.25, 0.3) is 28.3 Å². The molecule has 4 heterocycles. The highest BCUT2D eigenvalue weighted by molar-refractivity contribution is 5.88. The molecule has 134 valence electrons. The number of fused-ring (bicyclic) bond motifs is 3. The molecule has 5 rings (SSSR count). The van der Waals surface area contributed by atoms with Crippen molar-refractivity contribution in [2.24, 2.45) is 0 Å². The molecule has 4 aromatic heterocycles. The molecular formula is C19H16N6O2. The van der Waals surface area contributed by atoms with Gasteiger partial charge in [0, 0.05) is 0 Å². The van der Waals surface area contributed by atoms with Gasteiger partial charge in [-0.2, -0.15) is 5.10 Å². The summed E-state index contributed by atoms with van der Waals surface area (Å²) in [6.45, 7) is 2.47. The zero-order valence-electron chi connectivity index (χ0n) is 14.6. The largest absolute Gasteiger partial charge is 0.486 e. The first-order valence-corrected chi connectivity index (χ1v) is 8.65. The molecule has 0 spiro atoms. The van der Waals surface area contributed by atoms with Crippen molar-refractivity contribution < 1.29 is 9.15 Å². The van der Waals surface area contributed by atoms with E-state index in [-0.39, 0.29) is 0 Å². The van der Waals surface area contributed by atoms with Gasteiger partial charge in [0.15, 0.2) is 17.1 Å². The third kappa shape index (κ3) is 2.80. The molecule has 0 radical (unpaired) electrons. The Morgan fingerprint density at radius 2 is 2.04 bits per heavy atom. The zero-order chi connectivity index (χ0) is 18.2. The monoisotopic (exact) mass is 360 g/mol. The van der Waals surface area contributed by atoms with Crippen LogP contribution in [0.4, 0.5) is 0 Å². The van der Waals surface area contributed by atoms with Crippen molar-refractivity contribution in [3.8, 4) is 17.3 Å². The first kappa shape index (κ1) is 15.6. The fourth-order valence-electron chi connectivity index (χ4n) is 2.90. The molecule has 0 amide bonds. The molecule has 0 aliphatic heterocycles. The van der Waals surface area contributed by atoms with Gasteiger partial charge in [-0.3, -0.25) is 5.10 Å². The van der Waals surface area contributed by atoms with E-state index >= 15 is 0 Å². The van der Waals surface area contributed by atoms with Crippen molar-refractivity contribution in [3.63, 3.8) is 0 Å². The van der Waals surface area contributed by atoms with Gasteiger partial charge in [0.25, 0.3) is 0 Å². The molecule has 0 unspecified atom stereocenters. The Morgan fingerprint density at radius 3 is 2.89 bits per heavy atom. The maximum Gasteiger partial charge on any atom is 0.217 e. The van der Waals surface area contributed by atoms with Crippen LogP contribution in [-0.2, 0) is 13.0 Å². The van der Waals surface area contributed by atoms with Crippen LogP contribution in [-0.4, -0.2) is 29.8 Å². The molecule has 27 heavy (non-hydrogen) atoms. The third-order valence-corrected chi connectivity index (χ3v) is 4.38. The number of nitrogens with one attached hydrogen (secondary N) is 1. The molecule has 0 saturated carbocycles. The SMILES string of the molecule is CCc1ccc(OCc2ccc(-c3nc4c5cn[nH]c5ncn4n3)o2)cc1. The number of hydrogen-bond acceptors (Lipinski definition) is 6. The number of aromatic amines is 1. The molecule has 5 aromatic rings. The highest BCUT2D eigenvalue weighted by Gasteiger charge is 2.14. The predicted molar refractivity (Wildman–Crippen MR) is 98.3 cm³/mol. The maximum atomic E-state index is 5.85. The summed E-state index contributed by atoms with van der Waals surface area (Å²) in [7, 11) is 0. The van der Waals surface area contributed by atoms with Crippen LogP contribution in [0.2, 0.25) is 0 Å². The fourth-order valence-corrected chi connectivity index (χ4v) is 2.90. The number of benzene rings is 1. The molecule has 8 nitrogen and oxygen atoms in total. The molecule has 0 aliphatic rings. The minimum absolute atomic E-state index is 0.340. The number of nitrogens with zero attached hydrogens (tertiary/aromatic N) is 5. The summed E-state index contributed by atoms with van der Waals surface area (Å²) < 4.78 is 13.2. The van der Waals surface area contributed by atoms with Crippen LogP contribution in [0.15, 0.2) is 53.3 Å². The summed E-state index contributed by atoms with van der Waals surface area (Å²) in [6, 6.07) is 11.8. The van der Waals surface area contributed by atoms with E-state index in [1.807, 2.05) is 24.3 Å². The summed E-state index contributed by atoms with van der Waals surface area (Å²) in [5, 5.41) is 12.1. The van der Waals surface area contributed by atoms with Crippen LogP contribution in [0.3, 0.4) is 0 Å². The van der Waals surface area contributed by atoms with Gasteiger partial charge >= 0.3 is 0 Å². The van der Waals surface area contributed by atoms with Gasteiger partial charge in [-0.25, -0.2) is 14.5 Å². The molecule has 0 bridgehead atoms. The standard InChI is InChI=1S/C19H16N6O2/c1-2-12-3-5-13(6-4-12)26-10-14-7-8-16(27-14)18-22-19-15-9-21-23-17(15)20-11-25(19)24-18/h3-9,11H,2,10H2,1H3,(H,21,23). The number of rotatable bonds is 5. The number of aromatic nitrogens is 6. The third-order valence-electron chi connectivity index (χ3n) is 4.38. The number of H-pyrrole nitrogens is 1. The fraction of sp³-hybridized carbons (Fsp3) is 0.158. The van der Waals surface area contributed by atoms with Crippen LogP contribution >= 0.6 is 0 Å². The van der Waals surface area contributed by atoms with E-state index in [0.717, 1.165) is 17.6 Å². The van der Waals surface area contributed by atoms with Gasteiger partial charge in [0.2, 0.25) is 5.82 Å². The Balaban J connectivity index is 1.37. The summed E-state index contributed by atoms with van der Waals surface area (Å²) in [5.74, 6) is 2.58. The Bertz CT molecular complexity index is 1220. The topological polar surface area (TPSA) is 94.1 Å². The number of furan rings is 1. The minimum Gasteiger partial charge on any atom is -0.486 e. The molecular weight excluding hydrogens is 344 g/mol. The van der Waals surface area contributed by atoms with Crippen molar-refractivity contribution in [1.82, 2.24) is 29.8 Å². The Labute approximate surface area is 153 Å². The molecule has 0 atom stereocenters. The van der Waals surface area contributed by atoms with Crippen molar-refractivity contribution >= 4 is 16.7 Å². The smallest absolute Gasteiger partial charge is 0.217 e. The van der Waals surface area contributed by atoms with Crippen molar-refractivity contribution in [3.05, 3.63) is 60.2 Å². The Morgan fingerprint density at radius 1 is 1.15 bits per heavy atom. The molecule has 0 fully saturated rings. The minimum atomic E-state index is 0.340. The van der Waals surface area contributed by atoms with E-state index in [1.165, 1.54) is 5.56 Å². The lowest BCUT2D eigenvalue weighted by Crippen LogP contribution is -1.93.